The fourth-order valence-corrected chi connectivity index (χ4v) is 5.19. The number of amides is 2. The van der Waals surface area contributed by atoms with Crippen molar-refractivity contribution < 1.29 is 35.6 Å². The Hall–Kier alpha value is -3.91. The van der Waals surface area contributed by atoms with Crippen LogP contribution in [0.1, 0.15) is 25.1 Å². The van der Waals surface area contributed by atoms with Crippen molar-refractivity contribution in [1.29, 1.82) is 0 Å². The highest BCUT2D eigenvalue weighted by molar-refractivity contribution is 7.89. The number of sulfonamides is 1. The molecule has 0 saturated carbocycles. The van der Waals surface area contributed by atoms with Crippen LogP contribution in [0.4, 0.5) is 17.6 Å². The average molecular weight is 568 g/mol. The number of aromatic nitrogens is 2. The van der Waals surface area contributed by atoms with E-state index < -0.39 is 58.5 Å². The van der Waals surface area contributed by atoms with Gasteiger partial charge < -0.3 is 10.6 Å². The highest BCUT2D eigenvalue weighted by atomic mass is 32.2. The minimum absolute atomic E-state index is 0.219. The van der Waals surface area contributed by atoms with Crippen LogP contribution in [0, 0.1) is 5.82 Å². The van der Waals surface area contributed by atoms with Crippen molar-refractivity contribution in [3.8, 4) is 11.3 Å². The third-order valence-corrected chi connectivity index (χ3v) is 7.61. The molecule has 0 saturated heterocycles. The average Bonchev–Trinajstić information content (AvgIpc) is 2.86. The van der Waals surface area contributed by atoms with Crippen LogP contribution in [0.3, 0.4) is 0 Å². The van der Waals surface area contributed by atoms with Crippen molar-refractivity contribution in [1.82, 2.24) is 19.2 Å². The number of nitrogens with two attached hydrogens (primary N) is 1. The van der Waals surface area contributed by atoms with Crippen molar-refractivity contribution in [2.75, 3.05) is 13.1 Å². The normalized spacial score (nSPS) is 12.1. The monoisotopic (exact) mass is 567 g/mol. The molecule has 0 unspecified atom stereocenters. The zero-order chi connectivity index (χ0) is 29.0. The molecule has 2 amide bonds. The molecule has 0 aliphatic carbocycles. The molecule has 1 heterocycles. The molecule has 0 spiro atoms. The SMILES string of the molecule is CC(C)N(CC(=O)N(CC(N)=O)Cc1cc(-c2ccc(C(F)(F)F)cc2)ncn1)S(=O)(=O)c1ccc(F)cc1. The second kappa shape index (κ2) is 11.9. The second-order valence-electron chi connectivity index (χ2n) is 8.78. The van der Waals surface area contributed by atoms with Crippen LogP contribution in [0.2, 0.25) is 0 Å². The van der Waals surface area contributed by atoms with Crippen LogP contribution in [0.5, 0.6) is 0 Å². The van der Waals surface area contributed by atoms with Gasteiger partial charge in [-0.05, 0) is 56.3 Å². The number of rotatable bonds is 10. The molecule has 0 aliphatic heterocycles. The quantitative estimate of drug-likeness (QED) is 0.375. The Morgan fingerprint density at radius 3 is 2.13 bits per heavy atom. The lowest BCUT2D eigenvalue weighted by atomic mass is 10.1. The molecular weight excluding hydrogens is 542 g/mol. The van der Waals surface area contributed by atoms with E-state index in [-0.39, 0.29) is 22.8 Å². The smallest absolute Gasteiger partial charge is 0.368 e. The molecule has 9 nitrogen and oxygen atoms in total. The standard InChI is InChI=1S/C25H25F4N5O4S/c1-16(2)34(39(37,38)21-9-7-19(26)8-10-21)14-24(36)33(13-23(30)35)12-20-11-22(32-15-31-20)17-3-5-18(6-4-17)25(27,28)29/h3-11,15-16H,12-14H2,1-2H3,(H2,30,35). The number of alkyl halides is 3. The van der Waals surface area contributed by atoms with E-state index in [1.54, 1.807) is 13.8 Å². The van der Waals surface area contributed by atoms with Gasteiger partial charge in [0.2, 0.25) is 21.8 Å². The molecule has 39 heavy (non-hydrogen) atoms. The lowest BCUT2D eigenvalue weighted by Crippen LogP contribution is -2.47. The number of carbonyl (C=O) groups excluding carboxylic acids is 2. The largest absolute Gasteiger partial charge is 0.416 e. The molecule has 0 atom stereocenters. The summed E-state index contributed by atoms with van der Waals surface area (Å²) in [7, 11) is -4.21. The number of primary amides is 1. The second-order valence-corrected chi connectivity index (χ2v) is 10.7. The lowest BCUT2D eigenvalue weighted by Gasteiger charge is -2.28. The summed E-state index contributed by atoms with van der Waals surface area (Å²) in [6, 6.07) is 9.16. The number of hydrogen-bond donors (Lipinski definition) is 1. The van der Waals surface area contributed by atoms with E-state index in [0.717, 1.165) is 51.9 Å². The number of benzene rings is 2. The summed E-state index contributed by atoms with van der Waals surface area (Å²) in [6.45, 7) is 1.63. The maximum atomic E-state index is 13.3. The van der Waals surface area contributed by atoms with E-state index in [1.807, 2.05) is 0 Å². The van der Waals surface area contributed by atoms with Gasteiger partial charge in [0.1, 0.15) is 12.1 Å². The van der Waals surface area contributed by atoms with E-state index in [2.05, 4.69) is 9.97 Å². The van der Waals surface area contributed by atoms with Crippen LogP contribution >= 0.6 is 0 Å². The number of nitrogens with zero attached hydrogens (tertiary/aromatic N) is 4. The maximum absolute atomic E-state index is 13.3. The van der Waals surface area contributed by atoms with Crippen molar-refractivity contribution in [3.63, 3.8) is 0 Å². The molecule has 0 fully saturated rings. The first kappa shape index (κ1) is 29.6. The summed E-state index contributed by atoms with van der Waals surface area (Å²) in [6.07, 6.45) is -3.35. The Labute approximate surface area is 222 Å². The van der Waals surface area contributed by atoms with Crippen LogP contribution in [-0.2, 0) is 32.3 Å². The first-order valence-electron chi connectivity index (χ1n) is 11.5. The highest BCUT2D eigenvalue weighted by Crippen LogP contribution is 2.30. The first-order valence-corrected chi connectivity index (χ1v) is 12.9. The van der Waals surface area contributed by atoms with Gasteiger partial charge in [0.15, 0.2) is 0 Å². The summed E-state index contributed by atoms with van der Waals surface area (Å²) in [4.78, 5) is 33.8. The van der Waals surface area contributed by atoms with E-state index >= 15 is 0 Å². The zero-order valence-electron chi connectivity index (χ0n) is 20.9. The van der Waals surface area contributed by atoms with Gasteiger partial charge in [-0.2, -0.15) is 17.5 Å². The predicted octanol–water partition coefficient (Wildman–Crippen LogP) is 3.21. The van der Waals surface area contributed by atoms with Crippen molar-refractivity contribution in [2.24, 2.45) is 5.73 Å². The van der Waals surface area contributed by atoms with Crippen LogP contribution in [-0.4, -0.2) is 58.5 Å². The van der Waals surface area contributed by atoms with Gasteiger partial charge in [0, 0.05) is 11.6 Å². The molecule has 2 N–H and O–H groups in total. The molecule has 208 valence electrons. The minimum atomic E-state index is -4.50. The van der Waals surface area contributed by atoms with Gasteiger partial charge >= 0.3 is 6.18 Å². The van der Waals surface area contributed by atoms with Crippen molar-refractivity contribution in [3.05, 3.63) is 78.0 Å². The summed E-state index contributed by atoms with van der Waals surface area (Å²) in [5.74, 6) is -2.25. The zero-order valence-corrected chi connectivity index (χ0v) is 21.7. The van der Waals surface area contributed by atoms with E-state index in [4.69, 9.17) is 5.73 Å². The van der Waals surface area contributed by atoms with Crippen LogP contribution in [0.15, 0.2) is 65.8 Å². The van der Waals surface area contributed by atoms with E-state index in [0.29, 0.717) is 5.56 Å². The first-order chi connectivity index (χ1) is 18.2. The summed E-state index contributed by atoms with van der Waals surface area (Å²) in [5.41, 5.74) is 5.33. The third kappa shape index (κ3) is 7.57. The Morgan fingerprint density at radius 1 is 0.974 bits per heavy atom. The van der Waals surface area contributed by atoms with Gasteiger partial charge in [-0.25, -0.2) is 22.8 Å². The molecule has 3 aromatic rings. The van der Waals surface area contributed by atoms with Gasteiger partial charge in [0.25, 0.3) is 0 Å². The van der Waals surface area contributed by atoms with Gasteiger partial charge in [-0.15, -0.1) is 0 Å². The maximum Gasteiger partial charge on any atom is 0.416 e. The van der Waals surface area contributed by atoms with Crippen molar-refractivity contribution in [2.45, 2.75) is 37.5 Å². The Balaban J connectivity index is 1.85. The van der Waals surface area contributed by atoms with E-state index in [9.17, 15) is 35.6 Å². The molecule has 14 heteroatoms. The summed E-state index contributed by atoms with van der Waals surface area (Å²) in [5, 5.41) is 0. The van der Waals surface area contributed by atoms with Gasteiger partial charge in [0.05, 0.1) is 41.5 Å². The third-order valence-electron chi connectivity index (χ3n) is 5.57. The lowest BCUT2D eigenvalue weighted by molar-refractivity contribution is -0.137. The number of carbonyl (C=O) groups is 2. The molecule has 0 bridgehead atoms. The Kier molecular flexibility index (Phi) is 9.02. The molecule has 0 aliphatic rings. The summed E-state index contributed by atoms with van der Waals surface area (Å²) < 4.78 is 79.2. The minimum Gasteiger partial charge on any atom is -0.368 e. The van der Waals surface area contributed by atoms with Crippen LogP contribution < -0.4 is 5.73 Å². The Bertz CT molecular complexity index is 1430. The predicted molar refractivity (Wildman–Crippen MR) is 133 cm³/mol. The molecule has 2 aromatic carbocycles. The molecule has 0 radical (unpaired) electrons. The molecule has 3 rings (SSSR count). The van der Waals surface area contributed by atoms with Crippen molar-refractivity contribution >= 4 is 21.8 Å². The Morgan fingerprint density at radius 2 is 1.59 bits per heavy atom. The summed E-state index contributed by atoms with van der Waals surface area (Å²) >= 11 is 0. The van der Waals surface area contributed by atoms with E-state index in [1.165, 1.54) is 18.2 Å². The fraction of sp³-hybridized carbons (Fsp3) is 0.280. The number of halogens is 4. The highest BCUT2D eigenvalue weighted by Gasteiger charge is 2.32. The van der Waals surface area contributed by atoms with Gasteiger partial charge in [-0.1, -0.05) is 12.1 Å². The van der Waals surface area contributed by atoms with Gasteiger partial charge in [-0.3, -0.25) is 9.59 Å². The fourth-order valence-electron chi connectivity index (χ4n) is 3.61. The topological polar surface area (TPSA) is 127 Å². The number of hydrogen-bond acceptors (Lipinski definition) is 6. The molecule has 1 aromatic heterocycles. The molecular formula is C25H25F4N5O4S. The van der Waals surface area contributed by atoms with Crippen LogP contribution in [0.25, 0.3) is 11.3 Å².